The van der Waals surface area contributed by atoms with E-state index in [0.29, 0.717) is 0 Å². The summed E-state index contributed by atoms with van der Waals surface area (Å²) in [6.07, 6.45) is -0.0373. The minimum Gasteiger partial charge on any atom is -0.481 e. The first-order valence-corrected chi connectivity index (χ1v) is 6.12. The zero-order valence-corrected chi connectivity index (χ0v) is 10.9. The Morgan fingerprint density at radius 3 is 2.88 bits per heavy atom. The minimum atomic E-state index is -0.895. The molecule has 0 bridgehead atoms. The first-order valence-electron chi connectivity index (χ1n) is 5.33. The fourth-order valence-electron chi connectivity index (χ4n) is 2.04. The molecule has 1 atom stereocenters. The predicted molar refractivity (Wildman–Crippen MR) is 67.2 cm³/mol. The van der Waals surface area contributed by atoms with Gasteiger partial charge >= 0.3 is 5.97 Å². The van der Waals surface area contributed by atoms with Crippen LogP contribution in [0.2, 0.25) is 0 Å². The van der Waals surface area contributed by atoms with Crippen LogP contribution in [0.15, 0.2) is 22.7 Å². The summed E-state index contributed by atoms with van der Waals surface area (Å²) in [4.78, 5) is 24.1. The third kappa shape index (κ3) is 2.20. The lowest BCUT2D eigenvalue weighted by Gasteiger charge is -2.16. The first kappa shape index (κ1) is 12.1. The van der Waals surface area contributed by atoms with Crippen LogP contribution in [0.3, 0.4) is 0 Å². The van der Waals surface area contributed by atoms with Gasteiger partial charge in [0.15, 0.2) is 0 Å². The Hall–Kier alpha value is -1.36. The van der Waals surface area contributed by atoms with Crippen molar-refractivity contribution in [2.75, 3.05) is 11.4 Å². The highest BCUT2D eigenvalue weighted by Gasteiger charge is 2.34. The molecular formula is C12H12BrNO3. The van der Waals surface area contributed by atoms with Gasteiger partial charge in [-0.15, -0.1) is 0 Å². The van der Waals surface area contributed by atoms with Crippen LogP contribution in [0.1, 0.15) is 24.8 Å². The highest BCUT2D eigenvalue weighted by molar-refractivity contribution is 9.10. The number of fused-ring (bicyclic) bond motifs is 1. The molecule has 5 heteroatoms. The summed E-state index contributed by atoms with van der Waals surface area (Å²) in [5.41, 5.74) is 1.78. The summed E-state index contributed by atoms with van der Waals surface area (Å²) in [6.45, 7) is 2.07. The standard InChI is InChI=1S/C12H12BrNO3/c1-7-9-3-2-8(13)6-10(9)14(12(7)17)5-4-11(15)16/h2-3,6-7H,4-5H2,1H3,(H,15,16). The molecule has 0 fully saturated rings. The number of halogens is 1. The number of aliphatic carboxylic acids is 1. The first-order chi connectivity index (χ1) is 8.00. The molecule has 0 radical (unpaired) electrons. The molecule has 17 heavy (non-hydrogen) atoms. The van der Waals surface area contributed by atoms with E-state index in [9.17, 15) is 9.59 Å². The molecule has 4 nitrogen and oxygen atoms in total. The molecule has 0 spiro atoms. The van der Waals surface area contributed by atoms with Crippen LogP contribution < -0.4 is 4.90 Å². The second kappa shape index (κ2) is 4.49. The Bertz CT molecular complexity index is 487. The number of nitrogens with zero attached hydrogens (tertiary/aromatic N) is 1. The molecule has 90 valence electrons. The summed E-state index contributed by atoms with van der Waals surface area (Å²) in [7, 11) is 0. The molecule has 1 heterocycles. The maximum absolute atomic E-state index is 12.0. The number of carbonyl (C=O) groups excluding carboxylic acids is 1. The van der Waals surface area contributed by atoms with E-state index in [-0.39, 0.29) is 24.8 Å². The predicted octanol–water partition coefficient (Wildman–Crippen LogP) is 2.37. The largest absolute Gasteiger partial charge is 0.481 e. The number of hydrogen-bond acceptors (Lipinski definition) is 2. The van der Waals surface area contributed by atoms with Gasteiger partial charge in [-0.25, -0.2) is 0 Å². The van der Waals surface area contributed by atoms with Crippen molar-refractivity contribution in [3.63, 3.8) is 0 Å². The summed E-state index contributed by atoms with van der Waals surface area (Å²) in [5.74, 6) is -1.11. The van der Waals surface area contributed by atoms with Gasteiger partial charge in [0.1, 0.15) is 0 Å². The third-order valence-electron chi connectivity index (χ3n) is 2.94. The highest BCUT2D eigenvalue weighted by Crippen LogP contribution is 2.38. The van der Waals surface area contributed by atoms with Crippen LogP contribution in [-0.2, 0) is 9.59 Å². The maximum Gasteiger partial charge on any atom is 0.305 e. The van der Waals surface area contributed by atoms with Crippen LogP contribution >= 0.6 is 15.9 Å². The van der Waals surface area contributed by atoms with Gasteiger partial charge in [0.25, 0.3) is 0 Å². The van der Waals surface area contributed by atoms with Gasteiger partial charge < -0.3 is 10.0 Å². The van der Waals surface area contributed by atoms with E-state index < -0.39 is 5.97 Å². The van der Waals surface area contributed by atoms with Crippen LogP contribution in [0.25, 0.3) is 0 Å². The van der Waals surface area contributed by atoms with Crippen molar-refractivity contribution in [2.45, 2.75) is 19.3 Å². The van der Waals surface area contributed by atoms with Gasteiger partial charge in [0, 0.05) is 16.7 Å². The van der Waals surface area contributed by atoms with Gasteiger partial charge in [-0.3, -0.25) is 9.59 Å². The van der Waals surface area contributed by atoms with Gasteiger partial charge in [-0.05, 0) is 24.6 Å². The number of anilines is 1. The van der Waals surface area contributed by atoms with Crippen molar-refractivity contribution >= 4 is 33.5 Å². The van der Waals surface area contributed by atoms with E-state index in [1.165, 1.54) is 0 Å². The molecule has 1 N–H and O–H groups in total. The lowest BCUT2D eigenvalue weighted by Crippen LogP contribution is -2.30. The molecular weight excluding hydrogens is 286 g/mol. The number of rotatable bonds is 3. The second-order valence-corrected chi connectivity index (χ2v) is 4.97. The lowest BCUT2D eigenvalue weighted by atomic mass is 10.0. The van der Waals surface area contributed by atoms with E-state index >= 15 is 0 Å². The molecule has 1 amide bonds. The average Bonchev–Trinajstić information content (AvgIpc) is 2.49. The van der Waals surface area contributed by atoms with Gasteiger partial charge in [0.05, 0.1) is 12.3 Å². The minimum absolute atomic E-state index is 0.0284. The van der Waals surface area contributed by atoms with E-state index in [1.807, 2.05) is 25.1 Å². The molecule has 0 saturated carbocycles. The molecule has 1 unspecified atom stereocenters. The van der Waals surface area contributed by atoms with Crippen LogP contribution in [-0.4, -0.2) is 23.5 Å². The quantitative estimate of drug-likeness (QED) is 0.932. The fourth-order valence-corrected chi connectivity index (χ4v) is 2.39. The molecule has 1 aromatic carbocycles. The highest BCUT2D eigenvalue weighted by atomic mass is 79.9. The topological polar surface area (TPSA) is 57.6 Å². The SMILES string of the molecule is CC1C(=O)N(CCC(=O)O)c2cc(Br)ccc21. The van der Waals surface area contributed by atoms with E-state index in [2.05, 4.69) is 15.9 Å². The van der Waals surface area contributed by atoms with E-state index in [0.717, 1.165) is 15.7 Å². The Labute approximate surface area is 107 Å². The maximum atomic E-state index is 12.0. The molecule has 0 aromatic heterocycles. The van der Waals surface area contributed by atoms with Crippen LogP contribution in [0, 0.1) is 0 Å². The van der Waals surface area contributed by atoms with Crippen molar-refractivity contribution in [1.82, 2.24) is 0 Å². The average molecular weight is 298 g/mol. The number of hydrogen-bond donors (Lipinski definition) is 1. The molecule has 0 saturated heterocycles. The lowest BCUT2D eigenvalue weighted by molar-refractivity contribution is -0.136. The summed E-state index contributed by atoms with van der Waals surface area (Å²) < 4.78 is 0.887. The molecule has 2 rings (SSSR count). The van der Waals surface area contributed by atoms with Crippen molar-refractivity contribution in [1.29, 1.82) is 0 Å². The summed E-state index contributed by atoms with van der Waals surface area (Å²) in [6, 6.07) is 5.66. The van der Waals surface area contributed by atoms with Gasteiger partial charge in [0.2, 0.25) is 5.91 Å². The number of carboxylic acids is 1. The molecule has 1 aliphatic rings. The molecule has 1 aromatic rings. The normalized spacial score (nSPS) is 18.4. The van der Waals surface area contributed by atoms with E-state index in [1.54, 1.807) is 4.90 Å². The van der Waals surface area contributed by atoms with Crippen molar-refractivity contribution in [3.05, 3.63) is 28.2 Å². The number of carbonyl (C=O) groups is 2. The fraction of sp³-hybridized carbons (Fsp3) is 0.333. The van der Waals surface area contributed by atoms with Crippen LogP contribution in [0.5, 0.6) is 0 Å². The Balaban J connectivity index is 2.32. The number of amides is 1. The molecule has 0 aliphatic carbocycles. The number of carboxylic acid groups (broad SMARTS) is 1. The van der Waals surface area contributed by atoms with Crippen molar-refractivity contribution in [3.8, 4) is 0 Å². The van der Waals surface area contributed by atoms with Crippen LogP contribution in [0.4, 0.5) is 5.69 Å². The zero-order valence-electron chi connectivity index (χ0n) is 9.31. The third-order valence-corrected chi connectivity index (χ3v) is 3.43. The Morgan fingerprint density at radius 2 is 2.24 bits per heavy atom. The zero-order chi connectivity index (χ0) is 12.6. The van der Waals surface area contributed by atoms with Crippen molar-refractivity contribution < 1.29 is 14.7 Å². The van der Waals surface area contributed by atoms with Gasteiger partial charge in [-0.2, -0.15) is 0 Å². The molecule has 1 aliphatic heterocycles. The summed E-state index contributed by atoms with van der Waals surface area (Å²) >= 11 is 3.36. The Morgan fingerprint density at radius 1 is 1.53 bits per heavy atom. The van der Waals surface area contributed by atoms with Gasteiger partial charge in [-0.1, -0.05) is 22.0 Å². The smallest absolute Gasteiger partial charge is 0.305 e. The second-order valence-electron chi connectivity index (χ2n) is 4.06. The Kier molecular flexibility index (Phi) is 3.19. The summed E-state index contributed by atoms with van der Waals surface area (Å²) in [5, 5.41) is 8.68. The number of benzene rings is 1. The van der Waals surface area contributed by atoms with E-state index in [4.69, 9.17) is 5.11 Å². The monoisotopic (exact) mass is 297 g/mol. The van der Waals surface area contributed by atoms with Crippen molar-refractivity contribution in [2.24, 2.45) is 0 Å².